The molecule has 0 bridgehead atoms. The van der Waals surface area contributed by atoms with Gasteiger partial charge in [0.25, 0.3) is 5.91 Å². The number of hydrogen-bond donors (Lipinski definition) is 3. The minimum atomic E-state index is -3.63. The summed E-state index contributed by atoms with van der Waals surface area (Å²) in [5.74, 6) is -1.40. The Hall–Kier alpha value is -1.93. The van der Waals surface area contributed by atoms with Crippen LogP contribution in [0, 0.1) is 0 Å². The average molecular weight is 352 g/mol. The Bertz CT molecular complexity index is 766. The summed E-state index contributed by atoms with van der Waals surface area (Å²) in [7, 11) is -3.63. The fourth-order valence-corrected chi connectivity index (χ4v) is 4.20. The average Bonchev–Trinajstić information content (AvgIpc) is 3.27. The lowest BCUT2D eigenvalue weighted by Gasteiger charge is -2.41. The van der Waals surface area contributed by atoms with Crippen molar-refractivity contribution in [2.45, 2.75) is 55.0 Å². The van der Waals surface area contributed by atoms with Gasteiger partial charge in [-0.3, -0.25) is 9.59 Å². The molecular weight excluding hydrogens is 332 g/mol. The summed E-state index contributed by atoms with van der Waals surface area (Å²) in [6.07, 6.45) is 3.64. The third-order valence-corrected chi connectivity index (χ3v) is 6.00. The summed E-state index contributed by atoms with van der Waals surface area (Å²) < 4.78 is 27.0. The van der Waals surface area contributed by atoms with Crippen molar-refractivity contribution in [3.8, 4) is 0 Å². The van der Waals surface area contributed by atoms with E-state index in [0.717, 1.165) is 19.3 Å². The van der Waals surface area contributed by atoms with Gasteiger partial charge < -0.3 is 10.4 Å². The number of sulfonamides is 1. The molecule has 0 saturated heterocycles. The lowest BCUT2D eigenvalue weighted by atomic mass is 9.74. The number of rotatable bonds is 7. The smallest absolute Gasteiger partial charge is 0.305 e. The van der Waals surface area contributed by atoms with E-state index in [1.807, 2.05) is 0 Å². The first-order valence-electron chi connectivity index (χ1n) is 7.96. The molecule has 2 saturated carbocycles. The van der Waals surface area contributed by atoms with Gasteiger partial charge in [0.15, 0.2) is 0 Å². The lowest BCUT2D eigenvalue weighted by Crippen LogP contribution is -2.54. The summed E-state index contributed by atoms with van der Waals surface area (Å²) in [6, 6.07) is 5.80. The molecule has 0 aliphatic heterocycles. The molecule has 1 aromatic carbocycles. The highest BCUT2D eigenvalue weighted by atomic mass is 32.2. The number of carbonyl (C=O) groups is 2. The Kier molecular flexibility index (Phi) is 4.35. The van der Waals surface area contributed by atoms with Crippen LogP contribution in [0.5, 0.6) is 0 Å². The van der Waals surface area contributed by atoms with E-state index in [0.29, 0.717) is 12.8 Å². The van der Waals surface area contributed by atoms with Crippen LogP contribution in [0.25, 0.3) is 0 Å². The number of hydrogen-bond acceptors (Lipinski definition) is 4. The number of carboxylic acid groups (broad SMARTS) is 1. The minimum absolute atomic E-state index is 0.0127. The number of carbonyl (C=O) groups excluding carboxylic acids is 1. The fourth-order valence-electron chi connectivity index (χ4n) is 2.85. The van der Waals surface area contributed by atoms with E-state index in [2.05, 4.69) is 10.0 Å². The summed E-state index contributed by atoms with van der Waals surface area (Å²) in [5.41, 5.74) is -0.505. The first kappa shape index (κ1) is 16.9. The van der Waals surface area contributed by atoms with E-state index in [1.54, 1.807) is 0 Å². The zero-order valence-corrected chi connectivity index (χ0v) is 13.9. The van der Waals surface area contributed by atoms with Crippen LogP contribution >= 0.6 is 0 Å². The van der Waals surface area contributed by atoms with Crippen LogP contribution < -0.4 is 10.0 Å². The van der Waals surface area contributed by atoms with Gasteiger partial charge in [-0.2, -0.15) is 0 Å². The Morgan fingerprint density at radius 3 is 2.50 bits per heavy atom. The Labute approximate surface area is 140 Å². The third-order valence-electron chi connectivity index (χ3n) is 4.48. The molecule has 2 aliphatic rings. The highest BCUT2D eigenvalue weighted by Crippen LogP contribution is 2.35. The van der Waals surface area contributed by atoms with Gasteiger partial charge in [0, 0.05) is 11.6 Å². The molecule has 0 radical (unpaired) electrons. The predicted octanol–water partition coefficient (Wildman–Crippen LogP) is 1.25. The number of benzene rings is 1. The van der Waals surface area contributed by atoms with Crippen molar-refractivity contribution in [2.24, 2.45) is 0 Å². The molecule has 130 valence electrons. The molecule has 0 atom stereocenters. The normalized spacial score (nSPS) is 19.3. The third kappa shape index (κ3) is 3.76. The van der Waals surface area contributed by atoms with Crippen LogP contribution in [-0.2, 0) is 14.8 Å². The summed E-state index contributed by atoms with van der Waals surface area (Å²) in [6.45, 7) is 0. The van der Waals surface area contributed by atoms with E-state index in [1.165, 1.54) is 24.3 Å². The van der Waals surface area contributed by atoms with Gasteiger partial charge >= 0.3 is 5.97 Å². The van der Waals surface area contributed by atoms with Crippen molar-refractivity contribution in [2.75, 3.05) is 0 Å². The topological polar surface area (TPSA) is 113 Å². The quantitative estimate of drug-likeness (QED) is 0.684. The van der Waals surface area contributed by atoms with E-state index in [4.69, 9.17) is 5.11 Å². The number of carboxylic acids is 1. The van der Waals surface area contributed by atoms with Crippen LogP contribution in [0.1, 0.15) is 48.9 Å². The van der Waals surface area contributed by atoms with E-state index in [9.17, 15) is 18.0 Å². The molecule has 1 amide bonds. The van der Waals surface area contributed by atoms with Crippen molar-refractivity contribution >= 4 is 21.9 Å². The van der Waals surface area contributed by atoms with Crippen LogP contribution in [0.2, 0.25) is 0 Å². The highest BCUT2D eigenvalue weighted by Gasteiger charge is 2.40. The summed E-state index contributed by atoms with van der Waals surface area (Å²) in [5, 5.41) is 11.8. The van der Waals surface area contributed by atoms with Crippen molar-refractivity contribution in [1.82, 2.24) is 10.0 Å². The molecule has 7 nitrogen and oxygen atoms in total. The Morgan fingerprint density at radius 1 is 1.25 bits per heavy atom. The Balaban J connectivity index is 1.75. The standard InChI is InChI=1S/C16H20N2O5S/c19-14(20)10-16(7-2-8-16)17-15(21)11-3-1-4-13(9-11)24(22,23)18-12-5-6-12/h1,3-4,9,12,18H,2,5-8,10H2,(H,17,21)(H,19,20). The van der Waals surface area contributed by atoms with Gasteiger partial charge in [0.1, 0.15) is 0 Å². The largest absolute Gasteiger partial charge is 0.481 e. The van der Waals surface area contributed by atoms with Gasteiger partial charge in [-0.05, 0) is 50.3 Å². The molecule has 0 aromatic heterocycles. The van der Waals surface area contributed by atoms with Crippen LogP contribution in [0.15, 0.2) is 29.2 Å². The van der Waals surface area contributed by atoms with Crippen LogP contribution in [0.4, 0.5) is 0 Å². The molecule has 0 heterocycles. The van der Waals surface area contributed by atoms with Crippen LogP contribution in [0.3, 0.4) is 0 Å². The molecule has 2 aliphatic carbocycles. The van der Waals surface area contributed by atoms with Gasteiger partial charge in [-0.25, -0.2) is 13.1 Å². The SMILES string of the molecule is O=C(O)CC1(NC(=O)c2cccc(S(=O)(=O)NC3CC3)c2)CCC1. The second-order valence-corrected chi connectivity index (χ2v) is 8.30. The second-order valence-electron chi connectivity index (χ2n) is 6.58. The molecule has 0 unspecified atom stereocenters. The first-order valence-corrected chi connectivity index (χ1v) is 9.45. The maximum Gasteiger partial charge on any atom is 0.305 e. The van der Waals surface area contributed by atoms with Crippen molar-refractivity contribution in [3.63, 3.8) is 0 Å². The number of amides is 1. The van der Waals surface area contributed by atoms with Crippen molar-refractivity contribution < 1.29 is 23.1 Å². The molecule has 3 rings (SSSR count). The van der Waals surface area contributed by atoms with Gasteiger partial charge in [-0.15, -0.1) is 0 Å². The maximum absolute atomic E-state index is 12.4. The lowest BCUT2D eigenvalue weighted by molar-refractivity contribution is -0.139. The van der Waals surface area contributed by atoms with Gasteiger partial charge in [0.2, 0.25) is 10.0 Å². The zero-order chi connectivity index (χ0) is 17.4. The number of aliphatic carboxylic acids is 1. The molecule has 1 aromatic rings. The summed E-state index contributed by atoms with van der Waals surface area (Å²) >= 11 is 0. The summed E-state index contributed by atoms with van der Waals surface area (Å²) in [4.78, 5) is 23.5. The Morgan fingerprint density at radius 2 is 1.96 bits per heavy atom. The molecular formula is C16H20N2O5S. The zero-order valence-electron chi connectivity index (χ0n) is 13.1. The number of nitrogens with one attached hydrogen (secondary N) is 2. The molecule has 2 fully saturated rings. The van der Waals surface area contributed by atoms with E-state index < -0.39 is 27.4 Å². The van der Waals surface area contributed by atoms with Crippen LogP contribution in [-0.4, -0.2) is 37.0 Å². The van der Waals surface area contributed by atoms with E-state index >= 15 is 0 Å². The van der Waals surface area contributed by atoms with Crippen molar-refractivity contribution in [1.29, 1.82) is 0 Å². The maximum atomic E-state index is 12.4. The molecule has 24 heavy (non-hydrogen) atoms. The molecule has 3 N–H and O–H groups in total. The highest BCUT2D eigenvalue weighted by molar-refractivity contribution is 7.89. The second kappa shape index (κ2) is 6.18. The first-order chi connectivity index (χ1) is 11.3. The predicted molar refractivity (Wildman–Crippen MR) is 86.1 cm³/mol. The van der Waals surface area contributed by atoms with Crippen molar-refractivity contribution in [3.05, 3.63) is 29.8 Å². The van der Waals surface area contributed by atoms with Gasteiger partial charge in [-0.1, -0.05) is 6.07 Å². The van der Waals surface area contributed by atoms with Gasteiger partial charge in [0.05, 0.1) is 16.9 Å². The molecule has 8 heteroatoms. The minimum Gasteiger partial charge on any atom is -0.481 e. The van der Waals surface area contributed by atoms with E-state index in [-0.39, 0.29) is 22.9 Å². The molecule has 0 spiro atoms. The fraction of sp³-hybridized carbons (Fsp3) is 0.500. The monoisotopic (exact) mass is 352 g/mol.